The molecule has 4 heterocycles. The van der Waals surface area contributed by atoms with Gasteiger partial charge in [-0.3, -0.25) is 4.79 Å². The summed E-state index contributed by atoms with van der Waals surface area (Å²) >= 11 is 0. The van der Waals surface area contributed by atoms with E-state index < -0.39 is 0 Å². The van der Waals surface area contributed by atoms with Crippen molar-refractivity contribution in [2.45, 2.75) is 18.4 Å². The van der Waals surface area contributed by atoms with Gasteiger partial charge in [0.2, 0.25) is 0 Å². The Bertz CT molecular complexity index is 639. The van der Waals surface area contributed by atoms with Crippen LogP contribution in [0.1, 0.15) is 23.2 Å². The van der Waals surface area contributed by atoms with E-state index in [9.17, 15) is 4.79 Å². The summed E-state index contributed by atoms with van der Waals surface area (Å²) in [4.78, 5) is 23.8. The summed E-state index contributed by atoms with van der Waals surface area (Å²) in [5.41, 5.74) is 0.636. The van der Waals surface area contributed by atoms with E-state index in [1.54, 1.807) is 6.20 Å². The molecule has 26 heavy (non-hydrogen) atoms. The lowest BCUT2D eigenvalue weighted by Crippen LogP contribution is -2.56. The molecule has 1 spiro atoms. The van der Waals surface area contributed by atoms with Crippen LogP contribution in [0.15, 0.2) is 18.3 Å². The molecule has 4 rings (SSSR count). The topological polar surface area (TPSA) is 58.1 Å². The molecule has 0 atom stereocenters. The lowest BCUT2D eigenvalue weighted by Gasteiger charge is -2.47. The second-order valence-electron chi connectivity index (χ2n) is 7.56. The first-order valence-corrected chi connectivity index (χ1v) is 9.56. The number of pyridine rings is 1. The Morgan fingerprint density at radius 2 is 1.88 bits per heavy atom. The molecule has 0 aromatic carbocycles. The number of ether oxygens (including phenoxy) is 2. The fraction of sp³-hybridized carbons (Fsp3) is 0.684. The van der Waals surface area contributed by atoms with Crippen molar-refractivity contribution in [1.82, 2.24) is 14.8 Å². The van der Waals surface area contributed by atoms with Crippen LogP contribution >= 0.6 is 0 Å². The van der Waals surface area contributed by atoms with E-state index in [1.807, 2.05) is 17.0 Å². The quantitative estimate of drug-likeness (QED) is 0.780. The molecule has 0 aliphatic carbocycles. The molecule has 3 aliphatic rings. The molecule has 0 saturated carbocycles. The van der Waals surface area contributed by atoms with Crippen LogP contribution in [0, 0.1) is 0 Å². The minimum atomic E-state index is -0.0728. The molecule has 3 saturated heterocycles. The fourth-order valence-electron chi connectivity index (χ4n) is 4.04. The highest BCUT2D eigenvalue weighted by Crippen LogP contribution is 2.31. The van der Waals surface area contributed by atoms with E-state index >= 15 is 0 Å². The first kappa shape index (κ1) is 17.7. The maximum atomic E-state index is 12.8. The van der Waals surface area contributed by atoms with Crippen LogP contribution in [0.2, 0.25) is 0 Å². The lowest BCUT2D eigenvalue weighted by atomic mass is 9.89. The molecular formula is C19H28N4O3. The van der Waals surface area contributed by atoms with Gasteiger partial charge < -0.3 is 24.2 Å². The lowest BCUT2D eigenvalue weighted by molar-refractivity contribution is -0.0884. The van der Waals surface area contributed by atoms with Gasteiger partial charge in [-0.25, -0.2) is 4.98 Å². The standard InChI is InChI=1S/C19H28N4O3/c1-21-6-3-19(4-7-21)15-23(10-13-26-19)17-14-16(2-5-20-17)18(24)22-8-11-25-12-9-22/h2,5,14H,3-4,6-13,15H2,1H3. The molecule has 0 bridgehead atoms. The van der Waals surface area contributed by atoms with Crippen LogP contribution in [-0.4, -0.2) is 92.4 Å². The number of rotatable bonds is 2. The molecule has 3 aliphatic heterocycles. The van der Waals surface area contributed by atoms with Gasteiger partial charge in [0.15, 0.2) is 0 Å². The molecule has 1 aromatic rings. The van der Waals surface area contributed by atoms with Crippen LogP contribution in [0.4, 0.5) is 5.82 Å². The molecule has 1 aromatic heterocycles. The van der Waals surface area contributed by atoms with Crippen molar-refractivity contribution in [1.29, 1.82) is 0 Å². The van der Waals surface area contributed by atoms with Crippen molar-refractivity contribution >= 4 is 11.7 Å². The summed E-state index contributed by atoms with van der Waals surface area (Å²) in [6, 6.07) is 3.75. The van der Waals surface area contributed by atoms with Gasteiger partial charge in [-0.05, 0) is 32.0 Å². The van der Waals surface area contributed by atoms with Crippen molar-refractivity contribution in [3.8, 4) is 0 Å². The third-order valence-corrected chi connectivity index (χ3v) is 5.76. The van der Waals surface area contributed by atoms with E-state index in [2.05, 4.69) is 21.8 Å². The summed E-state index contributed by atoms with van der Waals surface area (Å²) in [5.74, 6) is 0.949. The molecule has 0 unspecified atom stereocenters. The highest BCUT2D eigenvalue weighted by atomic mass is 16.5. The zero-order chi connectivity index (χ0) is 18.0. The largest absolute Gasteiger partial charge is 0.378 e. The molecule has 1 amide bonds. The van der Waals surface area contributed by atoms with Crippen LogP contribution in [0.25, 0.3) is 0 Å². The van der Waals surface area contributed by atoms with E-state index in [4.69, 9.17) is 9.47 Å². The van der Waals surface area contributed by atoms with E-state index in [-0.39, 0.29) is 11.5 Å². The molecule has 7 heteroatoms. The number of nitrogens with zero attached hydrogens (tertiary/aromatic N) is 4. The minimum Gasteiger partial charge on any atom is -0.378 e. The predicted molar refractivity (Wildman–Crippen MR) is 98.6 cm³/mol. The summed E-state index contributed by atoms with van der Waals surface area (Å²) in [7, 11) is 2.16. The monoisotopic (exact) mass is 360 g/mol. The summed E-state index contributed by atoms with van der Waals surface area (Å²) in [6.07, 6.45) is 3.85. The normalized spacial score (nSPS) is 24.0. The van der Waals surface area contributed by atoms with Crippen LogP contribution in [0.3, 0.4) is 0 Å². The van der Waals surface area contributed by atoms with Gasteiger partial charge in [-0.1, -0.05) is 0 Å². The van der Waals surface area contributed by atoms with Crippen molar-refractivity contribution in [3.63, 3.8) is 0 Å². The number of likely N-dealkylation sites (tertiary alicyclic amines) is 1. The van der Waals surface area contributed by atoms with Gasteiger partial charge in [-0.15, -0.1) is 0 Å². The fourth-order valence-corrected chi connectivity index (χ4v) is 4.04. The Kier molecular flexibility index (Phi) is 5.11. The molecular weight excluding hydrogens is 332 g/mol. The minimum absolute atomic E-state index is 0.0687. The third-order valence-electron chi connectivity index (χ3n) is 5.76. The molecule has 3 fully saturated rings. The number of piperidine rings is 1. The number of hydrogen-bond donors (Lipinski definition) is 0. The molecule has 0 N–H and O–H groups in total. The smallest absolute Gasteiger partial charge is 0.254 e. The molecule has 7 nitrogen and oxygen atoms in total. The van der Waals surface area contributed by atoms with Crippen molar-refractivity contribution in [3.05, 3.63) is 23.9 Å². The Morgan fingerprint density at radius 3 is 2.65 bits per heavy atom. The second-order valence-corrected chi connectivity index (χ2v) is 7.56. The highest BCUT2D eigenvalue weighted by Gasteiger charge is 2.39. The number of morpholine rings is 2. The average molecular weight is 360 g/mol. The highest BCUT2D eigenvalue weighted by molar-refractivity contribution is 5.94. The first-order chi connectivity index (χ1) is 12.7. The van der Waals surface area contributed by atoms with Crippen molar-refractivity contribution < 1.29 is 14.3 Å². The zero-order valence-electron chi connectivity index (χ0n) is 15.5. The Balaban J connectivity index is 1.48. The molecule has 0 radical (unpaired) electrons. The number of hydrogen-bond acceptors (Lipinski definition) is 6. The van der Waals surface area contributed by atoms with E-state index in [0.29, 0.717) is 38.5 Å². The SMILES string of the molecule is CN1CCC2(CC1)CN(c1cc(C(=O)N3CCOCC3)ccn1)CCO2. The second kappa shape index (κ2) is 7.50. The number of amides is 1. The first-order valence-electron chi connectivity index (χ1n) is 9.56. The maximum Gasteiger partial charge on any atom is 0.254 e. The maximum absolute atomic E-state index is 12.8. The zero-order valence-corrected chi connectivity index (χ0v) is 15.5. The number of carbonyl (C=O) groups is 1. The van der Waals surface area contributed by atoms with Gasteiger partial charge >= 0.3 is 0 Å². The van der Waals surface area contributed by atoms with Gasteiger partial charge in [0.1, 0.15) is 5.82 Å². The van der Waals surface area contributed by atoms with E-state index in [1.165, 1.54) is 0 Å². The van der Waals surface area contributed by atoms with Gasteiger partial charge in [-0.2, -0.15) is 0 Å². The van der Waals surface area contributed by atoms with Crippen LogP contribution in [-0.2, 0) is 9.47 Å². The van der Waals surface area contributed by atoms with Gasteiger partial charge in [0, 0.05) is 51.0 Å². The Labute approximate surface area is 154 Å². The number of anilines is 1. The summed E-state index contributed by atoms with van der Waals surface area (Å²) in [5, 5.41) is 0. The average Bonchev–Trinajstić information content (AvgIpc) is 2.71. The number of carbonyl (C=O) groups excluding carboxylic acids is 1. The Hall–Kier alpha value is -1.70. The van der Waals surface area contributed by atoms with Crippen molar-refractivity contribution in [2.24, 2.45) is 0 Å². The van der Waals surface area contributed by atoms with Gasteiger partial charge in [0.25, 0.3) is 5.91 Å². The van der Waals surface area contributed by atoms with E-state index in [0.717, 1.165) is 44.8 Å². The number of aromatic nitrogens is 1. The Morgan fingerprint density at radius 1 is 1.12 bits per heavy atom. The predicted octanol–water partition coefficient (Wildman–Crippen LogP) is 0.855. The summed E-state index contributed by atoms with van der Waals surface area (Å²) < 4.78 is 11.5. The molecule has 142 valence electrons. The third kappa shape index (κ3) is 3.70. The van der Waals surface area contributed by atoms with Crippen molar-refractivity contribution in [2.75, 3.05) is 71.0 Å². The van der Waals surface area contributed by atoms with Crippen LogP contribution in [0.5, 0.6) is 0 Å². The summed E-state index contributed by atoms with van der Waals surface area (Å²) in [6.45, 7) is 7.06. The van der Waals surface area contributed by atoms with Gasteiger partial charge in [0.05, 0.1) is 25.4 Å². The van der Waals surface area contributed by atoms with Crippen LogP contribution < -0.4 is 4.90 Å².